The first-order valence-electron chi connectivity index (χ1n) is 8.58. The highest BCUT2D eigenvalue weighted by molar-refractivity contribution is 5.81. The van der Waals surface area contributed by atoms with E-state index in [9.17, 15) is 4.79 Å². The first-order valence-corrected chi connectivity index (χ1v) is 8.58. The zero-order chi connectivity index (χ0) is 16.9. The number of piperidine rings is 1. The summed E-state index contributed by atoms with van der Waals surface area (Å²) in [6.07, 6.45) is 2.37. The lowest BCUT2D eigenvalue weighted by atomic mass is 9.94. The fraction of sp³-hybridized carbons (Fsp3) is 0.632. The monoisotopic (exact) mass is 318 g/mol. The molecule has 1 aromatic carbocycles. The molecule has 1 unspecified atom stereocenters. The molecule has 1 heterocycles. The molecule has 2 rings (SSSR count). The lowest BCUT2D eigenvalue weighted by molar-refractivity contribution is -0.128. The molecule has 1 aliphatic heterocycles. The predicted molar refractivity (Wildman–Crippen MR) is 92.8 cm³/mol. The van der Waals surface area contributed by atoms with E-state index in [2.05, 4.69) is 22.3 Å². The van der Waals surface area contributed by atoms with Gasteiger partial charge in [-0.15, -0.1) is 0 Å². The lowest BCUT2D eigenvalue weighted by Gasteiger charge is -2.33. The molecule has 128 valence electrons. The minimum Gasteiger partial charge on any atom is -0.392 e. The van der Waals surface area contributed by atoms with Crippen LogP contribution in [0.15, 0.2) is 24.3 Å². The number of benzene rings is 1. The molecule has 0 aromatic heterocycles. The van der Waals surface area contributed by atoms with Crippen molar-refractivity contribution in [3.05, 3.63) is 35.4 Å². The van der Waals surface area contributed by atoms with E-state index in [0.29, 0.717) is 5.92 Å². The van der Waals surface area contributed by atoms with Crippen LogP contribution in [0.4, 0.5) is 0 Å². The van der Waals surface area contributed by atoms with Gasteiger partial charge in [0.2, 0.25) is 5.91 Å². The van der Waals surface area contributed by atoms with Gasteiger partial charge in [-0.25, -0.2) is 0 Å². The highest BCUT2D eigenvalue weighted by Crippen LogP contribution is 2.19. The molecule has 0 spiro atoms. The molecule has 4 nitrogen and oxygen atoms in total. The Morgan fingerprint density at radius 3 is 2.52 bits per heavy atom. The number of nitrogens with one attached hydrogen (secondary N) is 1. The van der Waals surface area contributed by atoms with E-state index >= 15 is 0 Å². The largest absolute Gasteiger partial charge is 0.392 e. The van der Waals surface area contributed by atoms with Gasteiger partial charge < -0.3 is 10.4 Å². The average molecular weight is 318 g/mol. The number of amides is 1. The Morgan fingerprint density at radius 1 is 1.26 bits per heavy atom. The van der Waals surface area contributed by atoms with Crippen LogP contribution in [0.2, 0.25) is 0 Å². The van der Waals surface area contributed by atoms with Crippen molar-refractivity contribution in [2.45, 2.75) is 46.8 Å². The van der Waals surface area contributed by atoms with E-state index in [1.54, 1.807) is 0 Å². The van der Waals surface area contributed by atoms with Crippen molar-refractivity contribution in [3.63, 3.8) is 0 Å². The van der Waals surface area contributed by atoms with Gasteiger partial charge in [0.15, 0.2) is 0 Å². The molecular formula is C19H30N2O2. The van der Waals surface area contributed by atoms with E-state index < -0.39 is 0 Å². The highest BCUT2D eigenvalue weighted by atomic mass is 16.3. The van der Waals surface area contributed by atoms with Crippen molar-refractivity contribution in [2.75, 3.05) is 19.6 Å². The predicted octanol–water partition coefficient (Wildman–Crippen LogP) is 2.55. The molecule has 1 fully saturated rings. The maximum Gasteiger partial charge on any atom is 0.225 e. The van der Waals surface area contributed by atoms with E-state index in [-0.39, 0.29) is 17.9 Å². The van der Waals surface area contributed by atoms with Crippen LogP contribution >= 0.6 is 0 Å². The van der Waals surface area contributed by atoms with Gasteiger partial charge in [0.25, 0.3) is 0 Å². The lowest BCUT2D eigenvalue weighted by Crippen LogP contribution is -2.43. The zero-order valence-electron chi connectivity index (χ0n) is 14.6. The summed E-state index contributed by atoms with van der Waals surface area (Å²) in [5.41, 5.74) is 1.92. The Morgan fingerprint density at radius 2 is 1.91 bits per heavy atom. The van der Waals surface area contributed by atoms with Crippen molar-refractivity contribution in [2.24, 2.45) is 11.3 Å². The smallest absolute Gasteiger partial charge is 0.225 e. The van der Waals surface area contributed by atoms with Crippen molar-refractivity contribution in [1.29, 1.82) is 0 Å². The number of rotatable bonds is 5. The van der Waals surface area contributed by atoms with Crippen LogP contribution in [0.3, 0.4) is 0 Å². The van der Waals surface area contributed by atoms with E-state index in [1.807, 2.05) is 32.9 Å². The number of nitrogens with zero attached hydrogens (tertiary/aromatic N) is 1. The second-order valence-corrected chi connectivity index (χ2v) is 7.68. The summed E-state index contributed by atoms with van der Waals surface area (Å²) >= 11 is 0. The maximum atomic E-state index is 12.0. The Labute approximate surface area is 139 Å². The number of aliphatic hydroxyl groups is 1. The molecule has 23 heavy (non-hydrogen) atoms. The number of aliphatic hydroxyl groups excluding tert-OH is 1. The molecule has 1 aromatic rings. The fourth-order valence-electron chi connectivity index (χ4n) is 2.97. The summed E-state index contributed by atoms with van der Waals surface area (Å²) in [5.74, 6) is 0.668. The van der Waals surface area contributed by atoms with E-state index in [1.165, 1.54) is 18.4 Å². The normalized spacial score (nSPS) is 19.6. The molecular weight excluding hydrogens is 288 g/mol. The van der Waals surface area contributed by atoms with Gasteiger partial charge >= 0.3 is 0 Å². The molecule has 0 saturated carbocycles. The van der Waals surface area contributed by atoms with Gasteiger partial charge in [-0.1, -0.05) is 45.0 Å². The maximum absolute atomic E-state index is 12.0. The van der Waals surface area contributed by atoms with Gasteiger partial charge in [-0.3, -0.25) is 9.69 Å². The molecule has 1 saturated heterocycles. The van der Waals surface area contributed by atoms with Crippen LogP contribution in [-0.4, -0.2) is 35.5 Å². The van der Waals surface area contributed by atoms with Crippen molar-refractivity contribution < 1.29 is 9.90 Å². The van der Waals surface area contributed by atoms with Crippen LogP contribution in [0.25, 0.3) is 0 Å². The summed E-state index contributed by atoms with van der Waals surface area (Å²) in [6.45, 7) is 9.81. The van der Waals surface area contributed by atoms with Crippen LogP contribution in [-0.2, 0) is 17.9 Å². The highest BCUT2D eigenvalue weighted by Gasteiger charge is 2.24. The number of carbonyl (C=O) groups is 1. The molecule has 2 N–H and O–H groups in total. The number of likely N-dealkylation sites (tertiary alicyclic amines) is 1. The summed E-state index contributed by atoms with van der Waals surface area (Å²) < 4.78 is 0. The quantitative estimate of drug-likeness (QED) is 0.877. The summed E-state index contributed by atoms with van der Waals surface area (Å²) in [7, 11) is 0. The van der Waals surface area contributed by atoms with Crippen molar-refractivity contribution >= 4 is 5.91 Å². The molecule has 0 radical (unpaired) electrons. The summed E-state index contributed by atoms with van der Waals surface area (Å²) in [4.78, 5) is 14.5. The first kappa shape index (κ1) is 18.0. The number of hydrogen-bond donors (Lipinski definition) is 2. The molecule has 0 bridgehead atoms. The number of carbonyl (C=O) groups excluding carboxylic acids is 1. The van der Waals surface area contributed by atoms with Gasteiger partial charge in [0, 0.05) is 25.0 Å². The first-order chi connectivity index (χ1) is 10.9. The zero-order valence-corrected chi connectivity index (χ0v) is 14.6. The third-order valence-electron chi connectivity index (χ3n) is 4.45. The van der Waals surface area contributed by atoms with Crippen LogP contribution in [0, 0.1) is 11.3 Å². The van der Waals surface area contributed by atoms with Crippen LogP contribution in [0.5, 0.6) is 0 Å². The van der Waals surface area contributed by atoms with Gasteiger partial charge in [0.05, 0.1) is 6.61 Å². The van der Waals surface area contributed by atoms with Gasteiger partial charge in [0.1, 0.15) is 0 Å². The summed E-state index contributed by atoms with van der Waals surface area (Å²) in [5, 5.41) is 12.2. The summed E-state index contributed by atoms with van der Waals surface area (Å²) in [6, 6.07) is 8.16. The second kappa shape index (κ2) is 7.93. The van der Waals surface area contributed by atoms with E-state index in [4.69, 9.17) is 5.11 Å². The minimum atomic E-state index is -0.317. The second-order valence-electron chi connectivity index (χ2n) is 7.68. The molecule has 1 aliphatic rings. The number of hydrogen-bond acceptors (Lipinski definition) is 3. The molecule has 4 heteroatoms. The van der Waals surface area contributed by atoms with Crippen LogP contribution < -0.4 is 5.32 Å². The average Bonchev–Trinajstić information content (AvgIpc) is 2.53. The Hall–Kier alpha value is -1.39. The van der Waals surface area contributed by atoms with Crippen LogP contribution in [0.1, 0.15) is 44.7 Å². The van der Waals surface area contributed by atoms with Crippen molar-refractivity contribution in [1.82, 2.24) is 10.2 Å². The third-order valence-corrected chi connectivity index (χ3v) is 4.45. The Balaban J connectivity index is 1.82. The minimum absolute atomic E-state index is 0.0968. The van der Waals surface area contributed by atoms with Crippen molar-refractivity contribution in [3.8, 4) is 0 Å². The molecule has 1 amide bonds. The Kier molecular flexibility index (Phi) is 6.19. The third kappa shape index (κ3) is 5.63. The van der Waals surface area contributed by atoms with Gasteiger partial charge in [-0.05, 0) is 36.4 Å². The SMILES string of the molecule is CC(C)(C)C(=O)NCC1CCCN(Cc2ccc(CO)cc2)C1. The van der Waals surface area contributed by atoms with Gasteiger partial charge in [-0.2, -0.15) is 0 Å². The molecule has 0 aliphatic carbocycles. The fourth-order valence-corrected chi connectivity index (χ4v) is 2.97. The Bertz CT molecular complexity index is 505. The molecule has 1 atom stereocenters. The standard InChI is InChI=1S/C19H30N2O2/c1-19(2,3)18(23)20-11-17-5-4-10-21(13-17)12-15-6-8-16(14-22)9-7-15/h6-9,17,22H,4-5,10-14H2,1-3H3,(H,20,23). The topological polar surface area (TPSA) is 52.6 Å². The van der Waals surface area contributed by atoms with E-state index in [0.717, 1.165) is 31.7 Å².